The molecule has 1 aromatic rings. The number of hydrogen-bond donors (Lipinski definition) is 1. The van der Waals surface area contributed by atoms with Crippen LogP contribution in [0.15, 0.2) is 42.5 Å². The number of primary amides is 1. The summed E-state index contributed by atoms with van der Waals surface area (Å²) in [6.07, 6.45) is 1.17. The molecule has 0 aliphatic rings. The van der Waals surface area contributed by atoms with Crippen LogP contribution >= 0.6 is 0 Å². The minimum absolute atomic E-state index is 0.0533. The Labute approximate surface area is 95.9 Å². The normalized spacial score (nSPS) is 12.1. The molecule has 16 heavy (non-hydrogen) atoms. The van der Waals surface area contributed by atoms with Gasteiger partial charge in [0.15, 0.2) is 0 Å². The van der Waals surface area contributed by atoms with Gasteiger partial charge in [0, 0.05) is 19.1 Å². The van der Waals surface area contributed by atoms with Crippen LogP contribution in [0.4, 0.5) is 0 Å². The summed E-state index contributed by atoms with van der Waals surface area (Å²) in [5.41, 5.74) is 6.72. The molecule has 3 nitrogen and oxygen atoms in total. The predicted molar refractivity (Wildman–Crippen MR) is 63.9 cm³/mol. The summed E-state index contributed by atoms with van der Waals surface area (Å²) in [6, 6.07) is 9.97. The van der Waals surface area contributed by atoms with E-state index in [1.165, 1.54) is 5.56 Å². The van der Waals surface area contributed by atoms with Crippen molar-refractivity contribution < 1.29 is 9.53 Å². The lowest BCUT2D eigenvalue weighted by Gasteiger charge is -2.15. The summed E-state index contributed by atoms with van der Waals surface area (Å²) in [7, 11) is 1.63. The average Bonchev–Trinajstić information content (AvgIpc) is 2.29. The Morgan fingerprint density at radius 2 is 2.06 bits per heavy atom. The van der Waals surface area contributed by atoms with Crippen molar-refractivity contribution in [2.45, 2.75) is 18.9 Å². The number of ether oxygens (including phenoxy) is 1. The number of benzene rings is 1. The van der Waals surface area contributed by atoms with E-state index in [2.05, 4.69) is 6.58 Å². The summed E-state index contributed by atoms with van der Waals surface area (Å²) in [6.45, 7) is 3.63. The van der Waals surface area contributed by atoms with Crippen molar-refractivity contribution >= 4 is 5.91 Å². The van der Waals surface area contributed by atoms with E-state index < -0.39 is 5.91 Å². The minimum Gasteiger partial charge on any atom is -0.381 e. The van der Waals surface area contributed by atoms with Crippen molar-refractivity contribution in [3.8, 4) is 0 Å². The van der Waals surface area contributed by atoms with Gasteiger partial charge in [-0.2, -0.15) is 0 Å². The highest BCUT2D eigenvalue weighted by Gasteiger charge is 2.12. The number of hydrogen-bond acceptors (Lipinski definition) is 2. The number of carbonyl (C=O) groups is 1. The van der Waals surface area contributed by atoms with Gasteiger partial charge in [-0.05, 0) is 12.0 Å². The zero-order valence-corrected chi connectivity index (χ0v) is 9.48. The molecule has 3 heteroatoms. The van der Waals surface area contributed by atoms with Crippen LogP contribution < -0.4 is 5.73 Å². The van der Waals surface area contributed by atoms with Crippen LogP contribution in [0.25, 0.3) is 0 Å². The van der Waals surface area contributed by atoms with E-state index in [0.29, 0.717) is 12.0 Å². The Morgan fingerprint density at radius 1 is 1.44 bits per heavy atom. The van der Waals surface area contributed by atoms with Crippen LogP contribution in [0.3, 0.4) is 0 Å². The standard InChI is InChI=1S/C13H17NO2/c1-10(13(14)15)8-12(16-2)9-11-6-4-3-5-7-11/h3-7,12H,1,8-9H2,2H3,(H2,14,15). The molecule has 0 saturated carbocycles. The maximum atomic E-state index is 10.9. The van der Waals surface area contributed by atoms with Gasteiger partial charge < -0.3 is 10.5 Å². The van der Waals surface area contributed by atoms with Crippen molar-refractivity contribution in [1.82, 2.24) is 0 Å². The number of amides is 1. The Hall–Kier alpha value is -1.61. The second-order valence-electron chi connectivity index (χ2n) is 3.72. The molecule has 0 saturated heterocycles. The lowest BCUT2D eigenvalue weighted by atomic mass is 10.0. The summed E-state index contributed by atoms with van der Waals surface area (Å²) in [4.78, 5) is 10.9. The molecule has 1 rings (SSSR count). The van der Waals surface area contributed by atoms with Gasteiger partial charge in [-0.15, -0.1) is 0 Å². The van der Waals surface area contributed by atoms with Gasteiger partial charge in [0.25, 0.3) is 0 Å². The first kappa shape index (κ1) is 12.5. The van der Waals surface area contributed by atoms with Crippen molar-refractivity contribution in [3.05, 3.63) is 48.0 Å². The third-order valence-corrected chi connectivity index (χ3v) is 2.46. The summed E-state index contributed by atoms with van der Waals surface area (Å²) in [5.74, 6) is -0.463. The van der Waals surface area contributed by atoms with E-state index >= 15 is 0 Å². The molecule has 86 valence electrons. The van der Waals surface area contributed by atoms with Crippen LogP contribution in [0.2, 0.25) is 0 Å². The fourth-order valence-electron chi connectivity index (χ4n) is 1.49. The molecule has 0 aromatic heterocycles. The molecule has 0 radical (unpaired) electrons. The maximum absolute atomic E-state index is 10.9. The van der Waals surface area contributed by atoms with Gasteiger partial charge in [0.2, 0.25) is 5.91 Å². The third kappa shape index (κ3) is 3.87. The fraction of sp³-hybridized carbons (Fsp3) is 0.308. The van der Waals surface area contributed by atoms with Crippen LogP contribution in [0.1, 0.15) is 12.0 Å². The molecular weight excluding hydrogens is 202 g/mol. The SMILES string of the molecule is C=C(CC(Cc1ccccc1)OC)C(N)=O. The lowest BCUT2D eigenvalue weighted by molar-refractivity contribution is -0.115. The molecule has 0 fully saturated rings. The first-order valence-electron chi connectivity index (χ1n) is 5.17. The molecule has 2 N–H and O–H groups in total. The van der Waals surface area contributed by atoms with Gasteiger partial charge in [0.05, 0.1) is 6.10 Å². The molecule has 0 aliphatic heterocycles. The van der Waals surface area contributed by atoms with Crippen LogP contribution in [-0.4, -0.2) is 19.1 Å². The lowest BCUT2D eigenvalue weighted by Crippen LogP contribution is -2.21. The first-order valence-corrected chi connectivity index (χ1v) is 5.17. The van der Waals surface area contributed by atoms with Crippen molar-refractivity contribution in [2.24, 2.45) is 5.73 Å². The number of nitrogens with two attached hydrogens (primary N) is 1. The summed E-state index contributed by atoms with van der Waals surface area (Å²) >= 11 is 0. The summed E-state index contributed by atoms with van der Waals surface area (Å²) in [5, 5.41) is 0. The molecule has 1 atom stereocenters. The number of rotatable bonds is 6. The first-order chi connectivity index (χ1) is 7.63. The molecule has 1 unspecified atom stereocenters. The second-order valence-corrected chi connectivity index (χ2v) is 3.72. The largest absolute Gasteiger partial charge is 0.381 e. The van der Waals surface area contributed by atoms with Crippen molar-refractivity contribution in [3.63, 3.8) is 0 Å². The smallest absolute Gasteiger partial charge is 0.244 e. The molecule has 1 aromatic carbocycles. The second kappa shape index (κ2) is 6.08. The van der Waals surface area contributed by atoms with Gasteiger partial charge in [0.1, 0.15) is 0 Å². The monoisotopic (exact) mass is 219 g/mol. The van der Waals surface area contributed by atoms with Gasteiger partial charge in [-0.25, -0.2) is 0 Å². The van der Waals surface area contributed by atoms with E-state index in [-0.39, 0.29) is 6.10 Å². The topological polar surface area (TPSA) is 52.3 Å². The zero-order chi connectivity index (χ0) is 12.0. The molecule has 0 heterocycles. The highest BCUT2D eigenvalue weighted by atomic mass is 16.5. The predicted octanol–water partition coefficient (Wildman–Crippen LogP) is 1.68. The number of carbonyl (C=O) groups excluding carboxylic acids is 1. The Balaban J connectivity index is 2.56. The molecule has 0 aliphatic carbocycles. The third-order valence-electron chi connectivity index (χ3n) is 2.46. The van der Waals surface area contributed by atoms with Crippen molar-refractivity contribution in [1.29, 1.82) is 0 Å². The van der Waals surface area contributed by atoms with Gasteiger partial charge in [-0.3, -0.25) is 4.79 Å². The van der Waals surface area contributed by atoms with Crippen LogP contribution in [0, 0.1) is 0 Å². The minimum atomic E-state index is -0.463. The highest BCUT2D eigenvalue weighted by Crippen LogP contribution is 2.12. The fourth-order valence-corrected chi connectivity index (χ4v) is 1.49. The highest BCUT2D eigenvalue weighted by molar-refractivity contribution is 5.91. The molecule has 0 bridgehead atoms. The molecule has 0 spiro atoms. The average molecular weight is 219 g/mol. The van der Waals surface area contributed by atoms with E-state index in [1.54, 1.807) is 7.11 Å². The molecular formula is C13H17NO2. The van der Waals surface area contributed by atoms with E-state index in [1.807, 2.05) is 30.3 Å². The van der Waals surface area contributed by atoms with Gasteiger partial charge >= 0.3 is 0 Å². The van der Waals surface area contributed by atoms with Crippen LogP contribution in [-0.2, 0) is 16.0 Å². The number of methoxy groups -OCH3 is 1. The zero-order valence-electron chi connectivity index (χ0n) is 9.48. The Kier molecular flexibility index (Phi) is 4.73. The van der Waals surface area contributed by atoms with Gasteiger partial charge in [-0.1, -0.05) is 36.9 Å². The van der Waals surface area contributed by atoms with E-state index in [0.717, 1.165) is 6.42 Å². The maximum Gasteiger partial charge on any atom is 0.244 e. The van der Waals surface area contributed by atoms with E-state index in [4.69, 9.17) is 10.5 Å². The Morgan fingerprint density at radius 3 is 2.56 bits per heavy atom. The Bertz CT molecular complexity index is 359. The quantitative estimate of drug-likeness (QED) is 0.740. The van der Waals surface area contributed by atoms with Crippen molar-refractivity contribution in [2.75, 3.05) is 7.11 Å². The van der Waals surface area contributed by atoms with E-state index in [9.17, 15) is 4.79 Å². The summed E-state index contributed by atoms with van der Waals surface area (Å²) < 4.78 is 5.31. The molecule has 1 amide bonds. The van der Waals surface area contributed by atoms with Crippen LogP contribution in [0.5, 0.6) is 0 Å².